The van der Waals surface area contributed by atoms with Crippen LogP contribution in [0.15, 0.2) is 42.5 Å². The number of esters is 3. The maximum atomic E-state index is 12.0. The Balaban J connectivity index is 1.97. The number of carbonyl (C=O) groups excluding carboxylic acids is 4. The molecule has 2 aromatic rings. The van der Waals surface area contributed by atoms with Crippen molar-refractivity contribution in [3.05, 3.63) is 64.2 Å². The highest BCUT2D eigenvalue weighted by molar-refractivity contribution is 6.31. The molecule has 0 bridgehead atoms. The molecule has 3 rings (SSSR count). The molecule has 11 heteroatoms. The second-order valence-electron chi connectivity index (χ2n) is 8.53. The lowest BCUT2D eigenvalue weighted by Crippen LogP contribution is -2.58. The zero-order valence-electron chi connectivity index (χ0n) is 21.4. The van der Waals surface area contributed by atoms with Crippen molar-refractivity contribution in [3.63, 3.8) is 0 Å². The van der Waals surface area contributed by atoms with Crippen LogP contribution in [-0.4, -0.2) is 62.5 Å². The molecule has 1 saturated heterocycles. The summed E-state index contributed by atoms with van der Waals surface area (Å²) in [7, 11) is 1.35. The first-order valence-corrected chi connectivity index (χ1v) is 12.1. The van der Waals surface area contributed by atoms with E-state index in [9.17, 15) is 19.2 Å². The molecule has 0 saturated carbocycles. The Labute approximate surface area is 225 Å². The van der Waals surface area contributed by atoms with Gasteiger partial charge in [0, 0.05) is 32.9 Å². The first kappa shape index (κ1) is 29.1. The highest BCUT2D eigenvalue weighted by Gasteiger charge is 2.52. The van der Waals surface area contributed by atoms with E-state index in [0.29, 0.717) is 29.0 Å². The third kappa shape index (κ3) is 7.53. The summed E-state index contributed by atoms with van der Waals surface area (Å²) in [6.07, 6.45) is -4.51. The molecule has 1 aliphatic rings. The number of hydrogen-bond acceptors (Lipinski definition) is 10. The molecule has 5 atom stereocenters. The van der Waals surface area contributed by atoms with Crippen LogP contribution in [0.2, 0.25) is 5.02 Å². The largest absolute Gasteiger partial charge is 0.486 e. The molecule has 1 fully saturated rings. The van der Waals surface area contributed by atoms with Crippen LogP contribution in [0.3, 0.4) is 0 Å². The quantitative estimate of drug-likeness (QED) is 0.248. The van der Waals surface area contributed by atoms with Gasteiger partial charge >= 0.3 is 17.9 Å². The summed E-state index contributed by atoms with van der Waals surface area (Å²) in [6.45, 7) is 3.56. The van der Waals surface area contributed by atoms with Gasteiger partial charge in [-0.2, -0.15) is 0 Å². The Hall–Kier alpha value is -3.47. The van der Waals surface area contributed by atoms with Gasteiger partial charge < -0.3 is 28.4 Å². The lowest BCUT2D eigenvalue weighted by Gasteiger charge is -2.44. The second-order valence-corrected chi connectivity index (χ2v) is 8.94. The fraction of sp³-hybridized carbons (Fsp3) is 0.407. The van der Waals surface area contributed by atoms with Crippen LogP contribution in [0.4, 0.5) is 0 Å². The zero-order chi connectivity index (χ0) is 27.8. The lowest BCUT2D eigenvalue weighted by molar-refractivity contribution is -0.300. The van der Waals surface area contributed by atoms with Crippen LogP contribution >= 0.6 is 11.6 Å². The zero-order valence-corrected chi connectivity index (χ0v) is 22.1. The molecule has 10 nitrogen and oxygen atoms in total. The standard InChI is InChI=1S/C27H29ClO10/c1-15(30)35-24-23(38-27(33-4)26(37-17(3)32)25(24)36-16(2)31)19-7-10-22(28)20(14-19)13-18-5-8-21(9-6-18)34-12-11-29/h5-11,14,23-27H,12-13H2,1-4H3/t23?,24?,25?,26-,27-/m0/s1. The third-order valence-corrected chi connectivity index (χ3v) is 6.04. The van der Waals surface area contributed by atoms with Crippen LogP contribution < -0.4 is 4.74 Å². The van der Waals surface area contributed by atoms with Gasteiger partial charge in [0.25, 0.3) is 0 Å². The van der Waals surface area contributed by atoms with E-state index in [2.05, 4.69) is 0 Å². The number of benzene rings is 2. The number of rotatable bonds is 10. The average molecular weight is 549 g/mol. The molecular weight excluding hydrogens is 520 g/mol. The van der Waals surface area contributed by atoms with Crippen LogP contribution in [0, 0.1) is 0 Å². The fourth-order valence-corrected chi connectivity index (χ4v) is 4.38. The van der Waals surface area contributed by atoms with Crippen LogP contribution in [0.5, 0.6) is 5.75 Å². The topological polar surface area (TPSA) is 124 Å². The summed E-state index contributed by atoms with van der Waals surface area (Å²) in [5.41, 5.74) is 2.24. The van der Waals surface area contributed by atoms with Crippen LogP contribution in [-0.2, 0) is 49.3 Å². The molecule has 204 valence electrons. The molecule has 1 heterocycles. The predicted octanol–water partition coefficient (Wildman–Crippen LogP) is 3.35. The number of halogens is 1. The molecule has 0 aromatic heterocycles. The number of ether oxygens (including phenoxy) is 6. The predicted molar refractivity (Wildman–Crippen MR) is 134 cm³/mol. The molecule has 3 unspecified atom stereocenters. The van der Waals surface area contributed by atoms with Crippen molar-refractivity contribution in [1.82, 2.24) is 0 Å². The Morgan fingerprint density at radius 2 is 1.50 bits per heavy atom. The van der Waals surface area contributed by atoms with Crippen molar-refractivity contribution in [2.75, 3.05) is 13.7 Å². The summed E-state index contributed by atoms with van der Waals surface area (Å²) in [6, 6.07) is 12.4. The van der Waals surface area contributed by atoms with Crippen molar-refractivity contribution in [2.45, 2.75) is 57.9 Å². The molecule has 0 amide bonds. The number of hydrogen-bond donors (Lipinski definition) is 0. The normalized spacial score (nSPS) is 22.7. The van der Waals surface area contributed by atoms with E-state index in [1.165, 1.54) is 27.9 Å². The average Bonchev–Trinajstić information content (AvgIpc) is 2.86. The lowest BCUT2D eigenvalue weighted by atomic mass is 9.91. The highest BCUT2D eigenvalue weighted by atomic mass is 35.5. The van der Waals surface area contributed by atoms with E-state index in [1.807, 2.05) is 12.1 Å². The maximum absolute atomic E-state index is 12.0. The number of aldehydes is 1. The van der Waals surface area contributed by atoms with Gasteiger partial charge in [0.1, 0.15) is 18.5 Å². The molecule has 0 spiro atoms. The molecule has 0 aliphatic carbocycles. The number of carbonyl (C=O) groups is 4. The van der Waals surface area contributed by atoms with Gasteiger partial charge in [-0.1, -0.05) is 35.9 Å². The van der Waals surface area contributed by atoms with Gasteiger partial charge in [-0.3, -0.25) is 19.2 Å². The van der Waals surface area contributed by atoms with Crippen molar-refractivity contribution in [1.29, 1.82) is 0 Å². The van der Waals surface area contributed by atoms with Crippen molar-refractivity contribution in [3.8, 4) is 5.75 Å². The maximum Gasteiger partial charge on any atom is 0.303 e. The Kier molecular flexibility index (Phi) is 10.2. The van der Waals surface area contributed by atoms with E-state index in [1.54, 1.807) is 30.3 Å². The Morgan fingerprint density at radius 3 is 2.08 bits per heavy atom. The Bertz CT molecular complexity index is 1150. The summed E-state index contributed by atoms with van der Waals surface area (Å²) < 4.78 is 33.2. The van der Waals surface area contributed by atoms with Crippen LogP contribution in [0.25, 0.3) is 0 Å². The molecule has 0 N–H and O–H groups in total. The van der Waals surface area contributed by atoms with E-state index in [0.717, 1.165) is 11.1 Å². The smallest absolute Gasteiger partial charge is 0.303 e. The van der Waals surface area contributed by atoms with Crippen molar-refractivity contribution in [2.24, 2.45) is 0 Å². The molecule has 38 heavy (non-hydrogen) atoms. The van der Waals surface area contributed by atoms with Gasteiger partial charge in [-0.05, 0) is 41.3 Å². The summed E-state index contributed by atoms with van der Waals surface area (Å²) in [5, 5.41) is 0.493. The van der Waals surface area contributed by atoms with Gasteiger partial charge in [-0.25, -0.2) is 0 Å². The summed E-state index contributed by atoms with van der Waals surface area (Å²) in [5.74, 6) is -1.42. The minimum atomic E-state index is -1.21. The van der Waals surface area contributed by atoms with E-state index in [-0.39, 0.29) is 6.61 Å². The fourth-order valence-electron chi connectivity index (χ4n) is 4.19. The van der Waals surface area contributed by atoms with Crippen molar-refractivity contribution >= 4 is 35.8 Å². The molecule has 2 aromatic carbocycles. The van der Waals surface area contributed by atoms with Gasteiger partial charge in [0.2, 0.25) is 0 Å². The summed E-state index contributed by atoms with van der Waals surface area (Å²) >= 11 is 6.50. The Morgan fingerprint density at radius 1 is 0.895 bits per heavy atom. The third-order valence-electron chi connectivity index (χ3n) is 5.67. The van der Waals surface area contributed by atoms with Gasteiger partial charge in [0.05, 0.1) is 0 Å². The van der Waals surface area contributed by atoms with Crippen molar-refractivity contribution < 1.29 is 47.6 Å². The summed E-state index contributed by atoms with van der Waals surface area (Å²) in [4.78, 5) is 46.3. The number of methoxy groups -OCH3 is 1. The molecule has 0 radical (unpaired) electrons. The van der Waals surface area contributed by atoms with Crippen LogP contribution in [0.1, 0.15) is 43.6 Å². The molecule has 1 aliphatic heterocycles. The van der Waals surface area contributed by atoms with E-state index < -0.39 is 48.6 Å². The second kappa shape index (κ2) is 13.4. The highest BCUT2D eigenvalue weighted by Crippen LogP contribution is 2.39. The molecular formula is C27H29ClO10. The first-order valence-electron chi connectivity index (χ1n) is 11.8. The first-order chi connectivity index (χ1) is 18.1. The van der Waals surface area contributed by atoms with Gasteiger partial charge in [-0.15, -0.1) is 0 Å². The minimum absolute atomic E-state index is 0.0345. The minimum Gasteiger partial charge on any atom is -0.486 e. The monoisotopic (exact) mass is 548 g/mol. The SMILES string of the molecule is CO[C@H]1OC(c2ccc(Cl)c(Cc3ccc(OCC=O)cc3)c2)C(OC(C)=O)C(OC(C)=O)[C@@H]1OC(C)=O. The van der Waals surface area contributed by atoms with E-state index >= 15 is 0 Å². The van der Waals surface area contributed by atoms with E-state index in [4.69, 9.17) is 40.0 Å². The van der Waals surface area contributed by atoms with Gasteiger partial charge in [0.15, 0.2) is 30.9 Å².